The summed E-state index contributed by atoms with van der Waals surface area (Å²) in [5, 5.41) is 0. The Balaban J connectivity index is 1.97. The van der Waals surface area contributed by atoms with Crippen molar-refractivity contribution in [2.45, 2.75) is 13.3 Å². The van der Waals surface area contributed by atoms with Crippen molar-refractivity contribution in [2.24, 2.45) is 5.92 Å². The number of carbonyl (C=O) groups is 1. The number of ketones is 1. The van der Waals surface area contributed by atoms with Gasteiger partial charge in [0.05, 0.1) is 0 Å². The highest BCUT2D eigenvalue weighted by atomic mass is 16.1. The number of carbonyl (C=O) groups excluding carboxylic acids is 1. The number of hydrogen-bond donors (Lipinski definition) is 0. The first-order valence-electron chi connectivity index (χ1n) is 6.40. The Labute approximate surface area is 114 Å². The molecule has 0 aliphatic heterocycles. The molecule has 0 fully saturated rings. The molecule has 1 unspecified atom stereocenters. The van der Waals surface area contributed by atoms with Crippen LogP contribution in [-0.2, 0) is 0 Å². The molecule has 0 amide bonds. The van der Waals surface area contributed by atoms with E-state index < -0.39 is 0 Å². The quantitative estimate of drug-likeness (QED) is 0.594. The summed E-state index contributed by atoms with van der Waals surface area (Å²) in [6.45, 7) is 1.93. The van der Waals surface area contributed by atoms with Crippen molar-refractivity contribution >= 4 is 5.78 Å². The number of hydrogen-bond acceptors (Lipinski definition) is 1. The largest absolute Gasteiger partial charge is 0.294 e. The van der Waals surface area contributed by atoms with Crippen LogP contribution in [0, 0.1) is 17.8 Å². The van der Waals surface area contributed by atoms with Crippen LogP contribution >= 0.6 is 0 Å². The second kappa shape index (κ2) is 6.56. The summed E-state index contributed by atoms with van der Waals surface area (Å²) < 4.78 is 0. The van der Waals surface area contributed by atoms with Crippen molar-refractivity contribution in [2.75, 3.05) is 0 Å². The van der Waals surface area contributed by atoms with E-state index in [0.29, 0.717) is 6.42 Å². The first-order chi connectivity index (χ1) is 9.27. The minimum absolute atomic E-state index is 0.0707. The van der Waals surface area contributed by atoms with Gasteiger partial charge in [-0.25, -0.2) is 0 Å². The van der Waals surface area contributed by atoms with Crippen LogP contribution in [-0.4, -0.2) is 5.78 Å². The molecule has 1 nitrogen and oxygen atoms in total. The predicted octanol–water partition coefficient (Wildman–Crippen LogP) is 3.95. The van der Waals surface area contributed by atoms with E-state index in [1.54, 1.807) is 0 Å². The summed E-state index contributed by atoms with van der Waals surface area (Å²) in [6.07, 6.45) is 0.586. The van der Waals surface area contributed by atoms with E-state index >= 15 is 0 Å². The van der Waals surface area contributed by atoms with E-state index in [0.717, 1.165) is 11.1 Å². The standard InChI is InChI=1S/C18H16O/c1-15(18(19)17-13-6-3-7-14-17)9-8-12-16-10-4-2-5-11-16/h2-7,10-11,13-15H,9H2,1H3. The van der Waals surface area contributed by atoms with E-state index in [1.165, 1.54) is 0 Å². The van der Waals surface area contributed by atoms with E-state index in [2.05, 4.69) is 11.8 Å². The van der Waals surface area contributed by atoms with Gasteiger partial charge in [-0.05, 0) is 12.1 Å². The van der Waals surface area contributed by atoms with E-state index in [4.69, 9.17) is 0 Å². The Hall–Kier alpha value is -2.33. The Morgan fingerprint density at radius 1 is 1.00 bits per heavy atom. The molecule has 2 aromatic carbocycles. The molecule has 2 rings (SSSR count). The van der Waals surface area contributed by atoms with Crippen LogP contribution < -0.4 is 0 Å². The summed E-state index contributed by atoms with van der Waals surface area (Å²) >= 11 is 0. The Morgan fingerprint density at radius 2 is 1.58 bits per heavy atom. The molecule has 2 aromatic rings. The van der Waals surface area contributed by atoms with Gasteiger partial charge in [-0.1, -0.05) is 67.3 Å². The van der Waals surface area contributed by atoms with Gasteiger partial charge in [0.2, 0.25) is 0 Å². The number of rotatable bonds is 3. The molecule has 0 saturated heterocycles. The lowest BCUT2D eigenvalue weighted by molar-refractivity contribution is 0.0932. The second-order valence-electron chi connectivity index (χ2n) is 4.50. The highest BCUT2D eigenvalue weighted by Crippen LogP contribution is 2.11. The van der Waals surface area contributed by atoms with Gasteiger partial charge in [-0.3, -0.25) is 4.79 Å². The smallest absolute Gasteiger partial charge is 0.166 e. The van der Waals surface area contributed by atoms with E-state index in [9.17, 15) is 4.79 Å². The normalized spacial score (nSPS) is 11.2. The molecular formula is C18H16O. The zero-order chi connectivity index (χ0) is 13.5. The van der Waals surface area contributed by atoms with E-state index in [1.807, 2.05) is 67.6 Å². The van der Waals surface area contributed by atoms with Crippen LogP contribution in [0.3, 0.4) is 0 Å². The van der Waals surface area contributed by atoms with Crippen molar-refractivity contribution in [3.05, 3.63) is 71.8 Å². The highest BCUT2D eigenvalue weighted by molar-refractivity contribution is 5.97. The van der Waals surface area contributed by atoms with Crippen molar-refractivity contribution in [1.82, 2.24) is 0 Å². The highest BCUT2D eigenvalue weighted by Gasteiger charge is 2.13. The van der Waals surface area contributed by atoms with Gasteiger partial charge in [0.15, 0.2) is 5.78 Å². The van der Waals surface area contributed by atoms with Crippen molar-refractivity contribution in [1.29, 1.82) is 0 Å². The van der Waals surface area contributed by atoms with Crippen LogP contribution in [0.5, 0.6) is 0 Å². The molecule has 0 radical (unpaired) electrons. The fraction of sp³-hybridized carbons (Fsp3) is 0.167. The maximum atomic E-state index is 12.1. The van der Waals surface area contributed by atoms with Gasteiger partial charge in [-0.2, -0.15) is 0 Å². The molecule has 19 heavy (non-hydrogen) atoms. The first kappa shape index (κ1) is 13.1. The second-order valence-corrected chi connectivity index (χ2v) is 4.50. The number of Topliss-reactive ketones (excluding diaryl/α,β-unsaturated/α-hetero) is 1. The first-order valence-corrected chi connectivity index (χ1v) is 6.40. The monoisotopic (exact) mass is 248 g/mol. The molecular weight excluding hydrogens is 232 g/mol. The molecule has 0 heterocycles. The van der Waals surface area contributed by atoms with Gasteiger partial charge in [0, 0.05) is 23.5 Å². The third-order valence-electron chi connectivity index (χ3n) is 2.92. The van der Waals surface area contributed by atoms with Crippen molar-refractivity contribution < 1.29 is 4.79 Å². The van der Waals surface area contributed by atoms with Gasteiger partial charge in [0.25, 0.3) is 0 Å². The predicted molar refractivity (Wildman–Crippen MR) is 77.9 cm³/mol. The lowest BCUT2D eigenvalue weighted by atomic mass is 9.96. The molecule has 0 bridgehead atoms. The lowest BCUT2D eigenvalue weighted by Crippen LogP contribution is -2.10. The summed E-state index contributed by atoms with van der Waals surface area (Å²) in [5.41, 5.74) is 1.75. The number of benzene rings is 2. The molecule has 0 N–H and O–H groups in total. The maximum absolute atomic E-state index is 12.1. The maximum Gasteiger partial charge on any atom is 0.166 e. The molecule has 94 valence electrons. The molecule has 0 aromatic heterocycles. The third kappa shape index (κ3) is 3.82. The molecule has 1 heteroatoms. The zero-order valence-corrected chi connectivity index (χ0v) is 11.0. The van der Waals surface area contributed by atoms with Crippen LogP contribution in [0.4, 0.5) is 0 Å². The van der Waals surface area contributed by atoms with Crippen LogP contribution in [0.25, 0.3) is 0 Å². The van der Waals surface area contributed by atoms with Crippen molar-refractivity contribution in [3.63, 3.8) is 0 Å². The molecule has 0 aliphatic rings. The van der Waals surface area contributed by atoms with Gasteiger partial charge >= 0.3 is 0 Å². The molecule has 0 spiro atoms. The Bertz CT molecular complexity index is 588. The average Bonchev–Trinajstić information content (AvgIpc) is 2.48. The van der Waals surface area contributed by atoms with E-state index in [-0.39, 0.29) is 11.7 Å². The van der Waals surface area contributed by atoms with Gasteiger partial charge in [-0.15, -0.1) is 0 Å². The van der Waals surface area contributed by atoms with Crippen LogP contribution in [0.15, 0.2) is 60.7 Å². The Morgan fingerprint density at radius 3 is 2.21 bits per heavy atom. The third-order valence-corrected chi connectivity index (χ3v) is 2.92. The fourth-order valence-electron chi connectivity index (χ4n) is 1.81. The van der Waals surface area contributed by atoms with Crippen LogP contribution in [0.1, 0.15) is 29.3 Å². The van der Waals surface area contributed by atoms with Gasteiger partial charge in [0.1, 0.15) is 0 Å². The minimum Gasteiger partial charge on any atom is -0.294 e. The van der Waals surface area contributed by atoms with Crippen molar-refractivity contribution in [3.8, 4) is 11.8 Å². The topological polar surface area (TPSA) is 17.1 Å². The minimum atomic E-state index is -0.0707. The lowest BCUT2D eigenvalue weighted by Gasteiger charge is -2.06. The summed E-state index contributed by atoms with van der Waals surface area (Å²) in [6, 6.07) is 19.2. The summed E-state index contributed by atoms with van der Waals surface area (Å²) in [5.74, 6) is 6.25. The Kier molecular flexibility index (Phi) is 4.53. The fourth-order valence-corrected chi connectivity index (χ4v) is 1.81. The molecule has 0 aliphatic carbocycles. The zero-order valence-electron chi connectivity index (χ0n) is 11.0. The SMILES string of the molecule is CC(CC#Cc1ccccc1)C(=O)c1ccccc1. The molecule has 1 atom stereocenters. The van der Waals surface area contributed by atoms with Gasteiger partial charge < -0.3 is 0 Å². The van der Waals surface area contributed by atoms with Crippen LogP contribution in [0.2, 0.25) is 0 Å². The molecule has 0 saturated carbocycles. The summed E-state index contributed by atoms with van der Waals surface area (Å²) in [4.78, 5) is 12.1. The average molecular weight is 248 g/mol. The summed E-state index contributed by atoms with van der Waals surface area (Å²) in [7, 11) is 0.